The van der Waals surface area contributed by atoms with E-state index >= 15 is 0 Å². The van der Waals surface area contributed by atoms with Crippen LogP contribution in [-0.2, 0) is 18.7 Å². The Kier molecular flexibility index (Phi) is 12.8. The molecule has 2 saturated carbocycles. The van der Waals surface area contributed by atoms with Crippen molar-refractivity contribution in [2.75, 3.05) is 6.61 Å². The summed E-state index contributed by atoms with van der Waals surface area (Å²) in [4.78, 5) is 28.7. The molecule has 12 heteroatoms. The van der Waals surface area contributed by atoms with Crippen LogP contribution in [0, 0.1) is 105 Å². The van der Waals surface area contributed by atoms with Gasteiger partial charge in [-0.3, -0.25) is 4.79 Å². The van der Waals surface area contributed by atoms with Crippen molar-refractivity contribution in [3.63, 3.8) is 0 Å². The van der Waals surface area contributed by atoms with Crippen LogP contribution < -0.4 is 0 Å². The van der Waals surface area contributed by atoms with Crippen molar-refractivity contribution in [1.29, 1.82) is 0 Å². The number of hydrogen-bond acceptors (Lipinski definition) is 9. The van der Waals surface area contributed by atoms with Crippen LogP contribution in [0.1, 0.15) is 71.7 Å². The largest absolute Gasteiger partial charge is 0.455 e. The first kappa shape index (κ1) is 40.4. The third-order valence-corrected chi connectivity index (χ3v) is 16.6. The topological polar surface area (TPSA) is 143 Å². The Morgan fingerprint density at radius 2 is 1.60 bits per heavy atom. The van der Waals surface area contributed by atoms with Crippen LogP contribution in [0.5, 0.6) is 0 Å². The van der Waals surface area contributed by atoms with Crippen LogP contribution in [0.15, 0.2) is 41.5 Å². The summed E-state index contributed by atoms with van der Waals surface area (Å²) in [6.45, 7) is 12.9. The van der Waals surface area contributed by atoms with Gasteiger partial charge in [0, 0.05) is 112 Å². The summed E-state index contributed by atoms with van der Waals surface area (Å²) in [6.07, 6.45) is -5.85. The van der Waals surface area contributed by atoms with Crippen molar-refractivity contribution < 1.29 is 132 Å². The molecule has 3 fully saturated rings. The van der Waals surface area contributed by atoms with Crippen LogP contribution in [0.3, 0.4) is 0 Å². The van der Waals surface area contributed by atoms with E-state index in [1.54, 1.807) is 58.0 Å². The van der Waals surface area contributed by atoms with E-state index in [-0.39, 0.29) is 119 Å². The molecule has 244 valence electrons. The fourth-order valence-corrected chi connectivity index (χ4v) is 11.7. The Morgan fingerprint density at radius 3 is 2.11 bits per heavy atom. The minimum Gasteiger partial charge on any atom is -0.455 e. The van der Waals surface area contributed by atoms with Crippen molar-refractivity contribution >= 4 is 20.1 Å². The van der Waals surface area contributed by atoms with Crippen molar-refractivity contribution in [3.8, 4) is 0 Å². The van der Waals surface area contributed by atoms with Crippen LogP contribution >= 0.6 is 0 Å². The van der Waals surface area contributed by atoms with Gasteiger partial charge in [-0.25, -0.2) is 4.79 Å². The zero-order valence-corrected chi connectivity index (χ0v) is 38.1. The number of fused-ring (bicyclic) bond motifs is 5. The van der Waals surface area contributed by atoms with Crippen LogP contribution in [0.25, 0.3) is 0 Å². The molecule has 6 unspecified atom stereocenters. The average Bonchev–Trinajstić information content (AvgIpc) is 2.98. The van der Waals surface area contributed by atoms with E-state index in [0.29, 0.717) is 5.57 Å². The van der Waals surface area contributed by atoms with Crippen LogP contribution in [0.4, 0.5) is 0 Å². The number of carbonyl (C=O) groups is 2. The van der Waals surface area contributed by atoms with Gasteiger partial charge in [-0.2, -0.15) is 0 Å². The number of aliphatic hydroxyl groups is 4. The fourth-order valence-electron chi connectivity index (χ4n) is 8.72. The summed E-state index contributed by atoms with van der Waals surface area (Å²) in [7, 11) is -2.36. The molecule has 1 aliphatic heterocycles. The molecule has 2 radical (unpaired) electrons. The quantitative estimate of drug-likeness (QED) is 0.184. The predicted molar refractivity (Wildman–Crippen MR) is 162 cm³/mol. The number of hydrogen-bond donors (Lipinski definition) is 4. The number of carbonyl (C=O) groups excluding carboxylic acids is 2. The van der Waals surface area contributed by atoms with Crippen LogP contribution in [0.2, 0.25) is 18.1 Å². The molecule has 3 aliphatic carbocycles. The molecular weight excluding hydrogens is 1020 g/mol. The first-order valence-electron chi connectivity index (χ1n) is 15.7. The molecule has 0 aromatic heterocycles. The third kappa shape index (κ3) is 6.07. The summed E-state index contributed by atoms with van der Waals surface area (Å²) >= 11 is 0. The SMILES string of the molecule is CC[Si](CC)(CC)O[C@H]1CC2OCC2(O)C2[C@H](OC(=O)c3ccccc3)C3(O)CC(O)C(C)=C(C(O)C(=O)[C@@]21C)C3(C)C.[Ac].[Ac]. The Balaban J connectivity index is 0.00000276. The summed E-state index contributed by atoms with van der Waals surface area (Å²) < 4.78 is 19.2. The van der Waals surface area contributed by atoms with Gasteiger partial charge in [0.2, 0.25) is 0 Å². The molecule has 1 aromatic carbocycles. The minimum absolute atomic E-state index is 0. The Labute approximate surface area is 339 Å². The molecule has 9 nitrogen and oxygen atoms in total. The number of Topliss-reactive ketones (excluding diaryl/α,β-unsaturated/α-hetero) is 1. The molecule has 2 bridgehead atoms. The number of ether oxygens (including phenoxy) is 2. The third-order valence-electron chi connectivity index (χ3n) is 11.9. The van der Waals surface area contributed by atoms with E-state index < -0.39 is 78.5 Å². The predicted octanol–water partition coefficient (Wildman–Crippen LogP) is 3.54. The van der Waals surface area contributed by atoms with Gasteiger partial charge in [0.05, 0.1) is 35.9 Å². The number of esters is 1. The van der Waals surface area contributed by atoms with Gasteiger partial charge in [0.15, 0.2) is 14.1 Å². The molecule has 0 spiro atoms. The Bertz CT molecular complexity index is 1300. The summed E-state index contributed by atoms with van der Waals surface area (Å²) in [6, 6.07) is 10.8. The second-order valence-corrected chi connectivity index (χ2v) is 18.7. The summed E-state index contributed by atoms with van der Waals surface area (Å²) in [5, 5.41) is 48.4. The number of benzene rings is 1. The molecule has 45 heavy (non-hydrogen) atoms. The van der Waals surface area contributed by atoms with Gasteiger partial charge in [-0.05, 0) is 55.3 Å². The van der Waals surface area contributed by atoms with Crippen LogP contribution in [-0.4, -0.2) is 88.8 Å². The average molecular weight is 1070 g/mol. The maximum Gasteiger partial charge on any atom is 0.338 e. The summed E-state index contributed by atoms with van der Waals surface area (Å²) in [5.74, 6) is -2.51. The van der Waals surface area contributed by atoms with E-state index in [9.17, 15) is 30.0 Å². The van der Waals surface area contributed by atoms with Gasteiger partial charge in [-0.15, -0.1) is 0 Å². The zero-order chi connectivity index (χ0) is 31.8. The van der Waals surface area contributed by atoms with Gasteiger partial charge >= 0.3 is 5.97 Å². The maximum absolute atomic E-state index is 14.9. The molecule has 1 heterocycles. The second-order valence-electron chi connectivity index (χ2n) is 14.0. The first-order chi connectivity index (χ1) is 20.1. The second kappa shape index (κ2) is 14.3. The van der Waals surface area contributed by atoms with E-state index in [4.69, 9.17) is 13.9 Å². The van der Waals surface area contributed by atoms with Gasteiger partial charge in [0.25, 0.3) is 0 Å². The Hall–Kier alpha value is 0.960. The molecule has 4 N–H and O–H groups in total. The molecule has 9 atom stereocenters. The summed E-state index contributed by atoms with van der Waals surface area (Å²) in [5.41, 5.74) is -5.69. The number of ketones is 1. The Morgan fingerprint density at radius 1 is 1.02 bits per heavy atom. The molecule has 1 aromatic rings. The number of aliphatic hydroxyl groups excluding tert-OH is 2. The van der Waals surface area contributed by atoms with Gasteiger partial charge in [0.1, 0.15) is 23.4 Å². The molecule has 1 saturated heterocycles. The first-order valence-corrected chi connectivity index (χ1v) is 18.2. The molecule has 4 aliphatic rings. The zero-order valence-electron chi connectivity index (χ0n) is 27.6. The van der Waals surface area contributed by atoms with Gasteiger partial charge < -0.3 is 34.3 Å². The minimum atomic E-state index is -2.36. The van der Waals surface area contributed by atoms with E-state index in [1.165, 1.54) is 0 Å². The van der Waals surface area contributed by atoms with E-state index in [0.717, 1.165) is 18.1 Å². The standard InChI is InChI=1S/C33H48O9Si.2Ac/c1-8-43(9-2,10-3)42-22-16-23-32(38,18-40-23)26-28(41-29(37)20-14-12-11-13-15-20)33(39)17-21(34)19(4)24(30(33,5)6)25(35)27(36)31(22,26)7;;/h11-15,21-23,25-26,28,34-35,38-39H,8-10,16-18H2,1-7H3;;/t21?,22-,23?,25?,26?,28-,31+,32?,33?;;/m0../s1. The van der Waals surface area contributed by atoms with Crippen molar-refractivity contribution in [1.82, 2.24) is 0 Å². The molecule has 5 rings (SSSR count). The number of rotatable bonds is 7. The van der Waals surface area contributed by atoms with Gasteiger partial charge in [-0.1, -0.05) is 52.8 Å². The van der Waals surface area contributed by atoms with Crippen molar-refractivity contribution in [2.24, 2.45) is 16.7 Å². The monoisotopic (exact) mass is 1070 g/mol. The maximum atomic E-state index is 14.9. The fraction of sp³-hybridized carbons (Fsp3) is 0.697. The van der Waals surface area contributed by atoms with Crippen molar-refractivity contribution in [3.05, 3.63) is 47.0 Å². The molecular formula is C33H48Ac2O9Si. The normalized spacial score (nSPS) is 38.7. The van der Waals surface area contributed by atoms with E-state index in [1.807, 2.05) is 0 Å². The smallest absolute Gasteiger partial charge is 0.338 e. The van der Waals surface area contributed by atoms with E-state index in [2.05, 4.69) is 20.8 Å². The van der Waals surface area contributed by atoms with Crippen molar-refractivity contribution in [2.45, 2.75) is 121 Å². The molecule has 0 amide bonds.